The number of alkyl halides is 1. The number of carbonyl (C=O) groups excluding carboxylic acids is 3. The zero-order valence-corrected chi connectivity index (χ0v) is 19.6. The van der Waals surface area contributed by atoms with Gasteiger partial charge in [-0.15, -0.1) is 5.06 Å². The van der Waals surface area contributed by atoms with Crippen LogP contribution < -0.4 is 9.64 Å². The molecule has 0 spiro atoms. The van der Waals surface area contributed by atoms with Crippen molar-refractivity contribution >= 4 is 23.6 Å². The Labute approximate surface area is 198 Å². The molecular formula is C23H31FN4O6. The molecule has 34 heavy (non-hydrogen) atoms. The van der Waals surface area contributed by atoms with Crippen LogP contribution in [0.4, 0.5) is 14.9 Å². The van der Waals surface area contributed by atoms with E-state index in [-0.39, 0.29) is 12.8 Å². The van der Waals surface area contributed by atoms with Gasteiger partial charge in [0.15, 0.2) is 0 Å². The first-order chi connectivity index (χ1) is 16.3. The van der Waals surface area contributed by atoms with Crippen LogP contribution in [0.15, 0.2) is 18.2 Å². The van der Waals surface area contributed by atoms with Gasteiger partial charge >= 0.3 is 6.09 Å². The Morgan fingerprint density at radius 1 is 1.09 bits per heavy atom. The van der Waals surface area contributed by atoms with Crippen LogP contribution >= 0.6 is 0 Å². The summed E-state index contributed by atoms with van der Waals surface area (Å²) in [6.45, 7) is 7.67. The van der Waals surface area contributed by atoms with Crippen molar-refractivity contribution in [2.75, 3.05) is 57.7 Å². The molecule has 3 aliphatic heterocycles. The second-order valence-corrected chi connectivity index (χ2v) is 9.26. The van der Waals surface area contributed by atoms with E-state index < -0.39 is 30.3 Å². The Kier molecular flexibility index (Phi) is 7.22. The number of hydroxylamine groups is 2. The van der Waals surface area contributed by atoms with Crippen LogP contribution in [-0.4, -0.2) is 91.1 Å². The summed E-state index contributed by atoms with van der Waals surface area (Å²) < 4.78 is 23.8. The number of amides is 3. The Morgan fingerprint density at radius 2 is 1.79 bits per heavy atom. The Morgan fingerprint density at radius 3 is 2.44 bits per heavy atom. The molecule has 0 aromatic heterocycles. The van der Waals surface area contributed by atoms with Gasteiger partial charge in [0, 0.05) is 69.4 Å². The average molecular weight is 479 g/mol. The Hall–Kier alpha value is -2.92. The number of carbonyl (C=O) groups is 3. The van der Waals surface area contributed by atoms with Crippen molar-refractivity contribution in [3.8, 4) is 5.75 Å². The van der Waals surface area contributed by atoms with Crippen molar-refractivity contribution in [3.05, 3.63) is 23.8 Å². The van der Waals surface area contributed by atoms with Crippen molar-refractivity contribution in [1.29, 1.82) is 0 Å². The number of benzene rings is 1. The van der Waals surface area contributed by atoms with E-state index >= 15 is 0 Å². The third-order valence-electron chi connectivity index (χ3n) is 6.41. The Balaban J connectivity index is 1.41. The zero-order chi connectivity index (χ0) is 24.3. The molecule has 186 valence electrons. The third-order valence-corrected chi connectivity index (χ3v) is 6.41. The Bertz CT molecular complexity index is 920. The maximum Gasteiger partial charge on any atom is 0.435 e. The highest BCUT2D eigenvalue weighted by Gasteiger charge is 2.41. The fraction of sp³-hybridized carbons (Fsp3) is 0.609. The lowest BCUT2D eigenvalue weighted by Crippen LogP contribution is -2.61. The topological polar surface area (TPSA) is 91.9 Å². The number of ether oxygens (including phenoxy) is 2. The molecule has 0 radical (unpaired) electrons. The van der Waals surface area contributed by atoms with Gasteiger partial charge in [0.1, 0.15) is 5.75 Å². The summed E-state index contributed by atoms with van der Waals surface area (Å²) >= 11 is 0. The molecule has 0 aliphatic carbocycles. The summed E-state index contributed by atoms with van der Waals surface area (Å²) in [4.78, 5) is 47.3. The number of nitrogens with zero attached hydrogens (tertiary/aromatic N) is 4. The van der Waals surface area contributed by atoms with Crippen molar-refractivity contribution < 1.29 is 33.1 Å². The molecule has 3 saturated heterocycles. The van der Waals surface area contributed by atoms with Crippen LogP contribution in [0.1, 0.15) is 32.3 Å². The lowest BCUT2D eigenvalue weighted by Gasteiger charge is -2.46. The second kappa shape index (κ2) is 10.1. The lowest BCUT2D eigenvalue weighted by atomic mass is 9.98. The molecule has 0 bridgehead atoms. The van der Waals surface area contributed by atoms with E-state index in [1.807, 2.05) is 32.0 Å². The average Bonchev–Trinajstić information content (AvgIpc) is 3.12. The molecule has 0 atom stereocenters. The molecule has 0 N–H and O–H groups in total. The second-order valence-electron chi connectivity index (χ2n) is 9.26. The predicted octanol–water partition coefficient (Wildman–Crippen LogP) is 1.93. The largest absolute Gasteiger partial charge is 0.463 e. The molecule has 3 amide bonds. The third kappa shape index (κ3) is 5.25. The molecule has 3 fully saturated rings. The highest BCUT2D eigenvalue weighted by atomic mass is 19.1. The van der Waals surface area contributed by atoms with Crippen molar-refractivity contribution in [2.24, 2.45) is 0 Å². The minimum atomic E-state index is -0.918. The number of rotatable bonds is 6. The summed E-state index contributed by atoms with van der Waals surface area (Å²) in [7, 11) is 0. The SMILES string of the molecule is CC1(C)CN(Cc2ccc(N3CCOCC3)cc2OCF)CCN1C(=O)ON1C(=O)CCC1=O. The number of morpholine rings is 1. The van der Waals surface area contributed by atoms with Gasteiger partial charge in [0.2, 0.25) is 6.86 Å². The van der Waals surface area contributed by atoms with E-state index in [4.69, 9.17) is 14.3 Å². The highest BCUT2D eigenvalue weighted by Crippen LogP contribution is 2.30. The van der Waals surface area contributed by atoms with E-state index in [0.717, 1.165) is 24.3 Å². The quantitative estimate of drug-likeness (QED) is 0.573. The van der Waals surface area contributed by atoms with Crippen LogP contribution in [0.25, 0.3) is 0 Å². The van der Waals surface area contributed by atoms with Crippen LogP contribution in [0.5, 0.6) is 5.75 Å². The molecule has 3 heterocycles. The van der Waals surface area contributed by atoms with Crippen LogP contribution in [0.2, 0.25) is 0 Å². The first kappa shape index (κ1) is 24.2. The number of halogens is 1. The van der Waals surface area contributed by atoms with Crippen LogP contribution in [0.3, 0.4) is 0 Å². The van der Waals surface area contributed by atoms with Gasteiger partial charge in [0.05, 0.1) is 18.8 Å². The van der Waals surface area contributed by atoms with Gasteiger partial charge < -0.3 is 19.2 Å². The summed E-state index contributed by atoms with van der Waals surface area (Å²) in [5.74, 6) is -0.511. The fourth-order valence-electron chi connectivity index (χ4n) is 4.64. The number of hydrogen-bond donors (Lipinski definition) is 0. The van der Waals surface area contributed by atoms with Crippen LogP contribution in [0, 0.1) is 0 Å². The first-order valence-corrected chi connectivity index (χ1v) is 11.5. The molecule has 11 heteroatoms. The number of anilines is 1. The fourth-order valence-corrected chi connectivity index (χ4v) is 4.64. The smallest absolute Gasteiger partial charge is 0.435 e. The first-order valence-electron chi connectivity index (χ1n) is 11.5. The molecule has 1 aromatic rings. The van der Waals surface area contributed by atoms with Crippen molar-refractivity contribution in [2.45, 2.75) is 38.8 Å². The molecule has 1 aromatic carbocycles. The van der Waals surface area contributed by atoms with E-state index in [1.54, 1.807) is 0 Å². The van der Waals surface area contributed by atoms with E-state index in [1.165, 1.54) is 4.90 Å². The van der Waals surface area contributed by atoms with E-state index in [2.05, 4.69) is 9.80 Å². The van der Waals surface area contributed by atoms with Gasteiger partial charge in [0.25, 0.3) is 11.8 Å². The van der Waals surface area contributed by atoms with Gasteiger partial charge in [-0.3, -0.25) is 19.4 Å². The van der Waals surface area contributed by atoms with Crippen molar-refractivity contribution in [1.82, 2.24) is 14.9 Å². The number of piperazine rings is 1. The minimum Gasteiger partial charge on any atom is -0.463 e. The molecular weight excluding hydrogens is 447 g/mol. The highest BCUT2D eigenvalue weighted by molar-refractivity contribution is 6.01. The van der Waals surface area contributed by atoms with Gasteiger partial charge in [-0.2, -0.15) is 0 Å². The van der Waals surface area contributed by atoms with Gasteiger partial charge in [-0.05, 0) is 19.9 Å². The van der Waals surface area contributed by atoms with Crippen LogP contribution in [-0.2, 0) is 25.7 Å². The number of imide groups is 1. The standard InChI is InChI=1S/C23H31FN4O6/c1-23(2)15-25(7-8-27(23)22(31)34-28-20(29)5-6-21(28)30)14-17-3-4-18(13-19(17)33-16-24)26-9-11-32-12-10-26/h3-4,13H,5-12,14-16H2,1-2H3. The minimum absolute atomic E-state index is 0.0525. The molecule has 4 rings (SSSR count). The molecule has 0 saturated carbocycles. The summed E-state index contributed by atoms with van der Waals surface area (Å²) in [6.07, 6.45) is -0.613. The molecule has 3 aliphatic rings. The maximum atomic E-state index is 13.1. The van der Waals surface area contributed by atoms with E-state index in [0.29, 0.717) is 50.2 Å². The normalized spacial score (nSPS) is 21.2. The lowest BCUT2D eigenvalue weighted by molar-refractivity contribution is -0.175. The monoisotopic (exact) mass is 478 g/mol. The van der Waals surface area contributed by atoms with E-state index in [9.17, 15) is 18.8 Å². The van der Waals surface area contributed by atoms with Gasteiger partial charge in [-0.25, -0.2) is 9.18 Å². The predicted molar refractivity (Wildman–Crippen MR) is 120 cm³/mol. The number of hydrogen-bond acceptors (Lipinski definition) is 8. The molecule has 0 unspecified atom stereocenters. The molecule has 10 nitrogen and oxygen atoms in total. The zero-order valence-electron chi connectivity index (χ0n) is 19.6. The summed E-state index contributed by atoms with van der Waals surface area (Å²) in [5.41, 5.74) is 1.21. The summed E-state index contributed by atoms with van der Waals surface area (Å²) in [5, 5.41) is 0.571. The summed E-state index contributed by atoms with van der Waals surface area (Å²) in [6, 6.07) is 5.83. The van der Waals surface area contributed by atoms with Crippen molar-refractivity contribution in [3.63, 3.8) is 0 Å². The van der Waals surface area contributed by atoms with Gasteiger partial charge in [-0.1, -0.05) is 6.07 Å². The maximum absolute atomic E-state index is 13.1.